The van der Waals surface area contributed by atoms with Gasteiger partial charge in [0.15, 0.2) is 0 Å². The minimum atomic E-state index is -1.31. The Kier molecular flexibility index (Phi) is 4.55. The first-order valence-electron chi connectivity index (χ1n) is 6.48. The van der Waals surface area contributed by atoms with Crippen molar-refractivity contribution < 1.29 is 34.8 Å². The van der Waals surface area contributed by atoms with Gasteiger partial charge < -0.3 is 31.1 Å². The molecule has 0 aliphatic rings. The number of nitrogens with one attached hydrogen (secondary N) is 2. The molecular weight excluding hydrogens is 320 g/mol. The number of hydrogen-bond acceptors (Lipinski definition) is 5. The van der Waals surface area contributed by atoms with Crippen LogP contribution in [0.4, 0.5) is 16.2 Å². The van der Waals surface area contributed by atoms with E-state index in [-0.39, 0.29) is 22.5 Å². The van der Waals surface area contributed by atoms with E-state index in [2.05, 4.69) is 10.6 Å². The molecule has 2 amide bonds. The first-order chi connectivity index (χ1) is 11.3. The van der Waals surface area contributed by atoms with Gasteiger partial charge in [-0.1, -0.05) is 0 Å². The van der Waals surface area contributed by atoms with E-state index in [0.29, 0.717) is 0 Å². The molecule has 0 aromatic heterocycles. The van der Waals surface area contributed by atoms with Crippen molar-refractivity contribution in [3.8, 4) is 11.5 Å². The van der Waals surface area contributed by atoms with E-state index < -0.39 is 29.5 Å². The zero-order valence-electron chi connectivity index (χ0n) is 12.0. The predicted molar refractivity (Wildman–Crippen MR) is 82.8 cm³/mol. The van der Waals surface area contributed by atoms with E-state index in [1.165, 1.54) is 12.1 Å². The summed E-state index contributed by atoms with van der Waals surface area (Å²) >= 11 is 0. The van der Waals surface area contributed by atoms with Gasteiger partial charge in [0, 0.05) is 23.5 Å². The number of anilines is 2. The molecule has 0 atom stereocenters. The highest BCUT2D eigenvalue weighted by atomic mass is 16.4. The Labute approximate surface area is 134 Å². The Balaban J connectivity index is 2.08. The minimum Gasteiger partial charge on any atom is -0.507 e. The molecule has 0 unspecified atom stereocenters. The van der Waals surface area contributed by atoms with Crippen LogP contribution >= 0.6 is 0 Å². The van der Waals surface area contributed by atoms with Crippen molar-refractivity contribution in [3.63, 3.8) is 0 Å². The summed E-state index contributed by atoms with van der Waals surface area (Å²) in [5.74, 6) is -3.64. The largest absolute Gasteiger partial charge is 0.507 e. The monoisotopic (exact) mass is 332 g/mol. The van der Waals surface area contributed by atoms with Gasteiger partial charge in [-0.25, -0.2) is 14.4 Å². The minimum absolute atomic E-state index is 0.140. The molecule has 0 bridgehead atoms. The lowest BCUT2D eigenvalue weighted by Crippen LogP contribution is -2.19. The van der Waals surface area contributed by atoms with Crippen LogP contribution in [0.3, 0.4) is 0 Å². The first-order valence-corrected chi connectivity index (χ1v) is 6.48. The zero-order chi connectivity index (χ0) is 17.9. The summed E-state index contributed by atoms with van der Waals surface area (Å²) < 4.78 is 0. The summed E-state index contributed by atoms with van der Waals surface area (Å²) in [5, 5.41) is 41.4. The first kappa shape index (κ1) is 16.6. The van der Waals surface area contributed by atoms with E-state index in [9.17, 15) is 24.6 Å². The number of carboxylic acids is 2. The van der Waals surface area contributed by atoms with Gasteiger partial charge in [0.05, 0.1) is 0 Å². The van der Waals surface area contributed by atoms with Crippen LogP contribution in [-0.4, -0.2) is 38.4 Å². The highest BCUT2D eigenvalue weighted by Crippen LogP contribution is 2.24. The number of hydrogen-bond donors (Lipinski definition) is 6. The van der Waals surface area contributed by atoms with Crippen LogP contribution < -0.4 is 10.6 Å². The van der Waals surface area contributed by atoms with E-state index in [0.717, 1.165) is 24.3 Å². The molecular formula is C15H12N2O7. The third-order valence-electron chi connectivity index (χ3n) is 2.97. The highest BCUT2D eigenvalue weighted by Gasteiger charge is 2.13. The Bertz CT molecular complexity index is 765. The van der Waals surface area contributed by atoms with Gasteiger partial charge in [-0.3, -0.25) is 0 Å². The van der Waals surface area contributed by atoms with Crippen molar-refractivity contribution >= 4 is 29.3 Å². The Hall–Kier alpha value is -3.75. The second-order valence-corrected chi connectivity index (χ2v) is 4.65. The average Bonchev–Trinajstić information content (AvgIpc) is 2.46. The summed E-state index contributed by atoms with van der Waals surface area (Å²) in [6, 6.07) is 6.21. The molecule has 2 aromatic carbocycles. The van der Waals surface area contributed by atoms with Crippen molar-refractivity contribution in [2.24, 2.45) is 0 Å². The van der Waals surface area contributed by atoms with Crippen molar-refractivity contribution in [1.29, 1.82) is 0 Å². The lowest BCUT2D eigenvalue weighted by atomic mass is 10.2. The smallest absolute Gasteiger partial charge is 0.339 e. The van der Waals surface area contributed by atoms with Gasteiger partial charge >= 0.3 is 18.0 Å². The number of aromatic carboxylic acids is 2. The molecule has 0 saturated heterocycles. The summed E-state index contributed by atoms with van der Waals surface area (Å²) in [6.07, 6.45) is 0. The van der Waals surface area contributed by atoms with E-state index in [1.54, 1.807) is 0 Å². The standard InChI is InChI=1S/C15H12N2O7/c18-11-5-7(1-3-9(11)13(20)21)16-15(24)17-8-2-4-10(14(22)23)12(19)6-8/h1-6,18-19H,(H,20,21)(H,22,23)(H2,16,17,24). The molecule has 0 fully saturated rings. The maximum Gasteiger partial charge on any atom is 0.339 e. The van der Waals surface area contributed by atoms with Crippen LogP contribution in [0.25, 0.3) is 0 Å². The molecule has 6 N–H and O–H groups in total. The third-order valence-corrected chi connectivity index (χ3v) is 2.97. The maximum absolute atomic E-state index is 11.8. The second-order valence-electron chi connectivity index (χ2n) is 4.65. The van der Waals surface area contributed by atoms with E-state index in [4.69, 9.17) is 10.2 Å². The lowest BCUT2D eigenvalue weighted by Gasteiger charge is -2.09. The van der Waals surface area contributed by atoms with Crippen molar-refractivity contribution in [2.75, 3.05) is 10.6 Å². The van der Waals surface area contributed by atoms with Gasteiger partial charge in [-0.15, -0.1) is 0 Å². The number of amides is 2. The molecule has 2 rings (SSSR count). The summed E-state index contributed by atoms with van der Waals surface area (Å²) in [7, 11) is 0. The van der Waals surface area contributed by atoms with Crippen LogP contribution in [0.1, 0.15) is 20.7 Å². The van der Waals surface area contributed by atoms with Gasteiger partial charge in [0.25, 0.3) is 0 Å². The SMILES string of the molecule is O=C(Nc1ccc(C(=O)O)c(O)c1)Nc1ccc(C(=O)O)c(O)c1. The fourth-order valence-corrected chi connectivity index (χ4v) is 1.87. The topological polar surface area (TPSA) is 156 Å². The lowest BCUT2D eigenvalue weighted by molar-refractivity contribution is 0.0682. The van der Waals surface area contributed by atoms with Gasteiger partial charge in [0.2, 0.25) is 0 Å². The number of aromatic hydroxyl groups is 2. The Morgan fingerprint density at radius 2 is 1.08 bits per heavy atom. The van der Waals surface area contributed by atoms with Crippen LogP contribution in [0.15, 0.2) is 36.4 Å². The molecule has 0 aliphatic heterocycles. The number of benzene rings is 2. The predicted octanol–water partition coefficient (Wildman–Crippen LogP) is 2.14. The van der Waals surface area contributed by atoms with Crippen molar-refractivity contribution in [2.45, 2.75) is 0 Å². The second kappa shape index (κ2) is 6.57. The average molecular weight is 332 g/mol. The number of urea groups is 1. The Morgan fingerprint density at radius 1 is 0.708 bits per heavy atom. The molecule has 0 heterocycles. The van der Waals surface area contributed by atoms with Crippen LogP contribution in [0.2, 0.25) is 0 Å². The normalized spacial score (nSPS) is 10.0. The number of phenols is 2. The molecule has 0 aliphatic carbocycles. The fourth-order valence-electron chi connectivity index (χ4n) is 1.87. The van der Waals surface area contributed by atoms with Gasteiger partial charge in [-0.05, 0) is 24.3 Å². The number of carbonyl (C=O) groups is 3. The molecule has 2 aromatic rings. The number of rotatable bonds is 4. The maximum atomic E-state index is 11.8. The summed E-state index contributed by atoms with van der Waals surface area (Å²) in [4.78, 5) is 33.4. The quantitative estimate of drug-likeness (QED) is 0.500. The van der Waals surface area contributed by atoms with Crippen molar-refractivity contribution in [1.82, 2.24) is 0 Å². The Morgan fingerprint density at radius 3 is 1.38 bits per heavy atom. The molecule has 24 heavy (non-hydrogen) atoms. The molecule has 124 valence electrons. The molecule has 9 nitrogen and oxygen atoms in total. The highest BCUT2D eigenvalue weighted by molar-refractivity contribution is 6.01. The molecule has 9 heteroatoms. The number of carbonyl (C=O) groups excluding carboxylic acids is 1. The van der Waals surface area contributed by atoms with Gasteiger partial charge in [0.1, 0.15) is 22.6 Å². The number of carboxylic acid groups (broad SMARTS) is 2. The summed E-state index contributed by atoms with van der Waals surface area (Å²) in [6.45, 7) is 0. The summed E-state index contributed by atoms with van der Waals surface area (Å²) in [5.41, 5.74) is -0.340. The van der Waals surface area contributed by atoms with Crippen LogP contribution in [0.5, 0.6) is 11.5 Å². The van der Waals surface area contributed by atoms with E-state index >= 15 is 0 Å². The molecule has 0 spiro atoms. The zero-order valence-corrected chi connectivity index (χ0v) is 12.0. The fraction of sp³-hybridized carbons (Fsp3) is 0. The molecule has 0 radical (unpaired) electrons. The molecule has 0 saturated carbocycles. The van der Waals surface area contributed by atoms with Gasteiger partial charge in [-0.2, -0.15) is 0 Å². The van der Waals surface area contributed by atoms with E-state index in [1.807, 2.05) is 0 Å². The third kappa shape index (κ3) is 3.71. The van der Waals surface area contributed by atoms with Crippen LogP contribution in [-0.2, 0) is 0 Å². The van der Waals surface area contributed by atoms with Crippen molar-refractivity contribution in [3.05, 3.63) is 47.5 Å². The van der Waals surface area contributed by atoms with Crippen LogP contribution in [0, 0.1) is 0 Å².